The van der Waals surface area contributed by atoms with Gasteiger partial charge in [-0.25, -0.2) is 0 Å². The van der Waals surface area contributed by atoms with Crippen molar-refractivity contribution in [3.05, 3.63) is 59.1 Å². The number of aromatic nitrogens is 3. The van der Waals surface area contributed by atoms with Crippen molar-refractivity contribution in [2.75, 3.05) is 18.8 Å². The quantitative estimate of drug-likeness (QED) is 0.555. The maximum absolute atomic E-state index is 12.8. The van der Waals surface area contributed by atoms with E-state index in [0.717, 1.165) is 29.7 Å². The highest BCUT2D eigenvalue weighted by Crippen LogP contribution is 2.29. The highest BCUT2D eigenvalue weighted by Gasteiger charge is 2.27. The third kappa shape index (κ3) is 4.97. The SMILES string of the molecule is Cc1cccc(-n2c(SCC(=O)N3CCCC(C(N)=O)C3)nnc2-c2ccc(Cl)cc2)c1. The first-order chi connectivity index (χ1) is 15.4. The van der Waals surface area contributed by atoms with Crippen LogP contribution in [-0.4, -0.2) is 50.3 Å². The molecule has 1 aliphatic heterocycles. The number of rotatable bonds is 6. The lowest BCUT2D eigenvalue weighted by atomic mass is 9.97. The Labute approximate surface area is 196 Å². The Balaban J connectivity index is 1.59. The molecule has 2 N–H and O–H groups in total. The summed E-state index contributed by atoms with van der Waals surface area (Å²) in [6.45, 7) is 3.05. The summed E-state index contributed by atoms with van der Waals surface area (Å²) in [5, 5.41) is 10.1. The van der Waals surface area contributed by atoms with Crippen LogP contribution < -0.4 is 5.73 Å². The van der Waals surface area contributed by atoms with Gasteiger partial charge in [0, 0.05) is 29.4 Å². The normalized spacial score (nSPS) is 16.2. The monoisotopic (exact) mass is 469 g/mol. The van der Waals surface area contributed by atoms with Crippen LogP contribution in [0.4, 0.5) is 0 Å². The van der Waals surface area contributed by atoms with Gasteiger partial charge in [0.1, 0.15) is 0 Å². The lowest BCUT2D eigenvalue weighted by Gasteiger charge is -2.31. The number of hydrogen-bond acceptors (Lipinski definition) is 5. The molecule has 1 aromatic heterocycles. The summed E-state index contributed by atoms with van der Waals surface area (Å²) < 4.78 is 1.95. The van der Waals surface area contributed by atoms with Crippen LogP contribution in [0.5, 0.6) is 0 Å². The number of halogens is 1. The van der Waals surface area contributed by atoms with Gasteiger partial charge in [-0.1, -0.05) is 35.5 Å². The van der Waals surface area contributed by atoms with Gasteiger partial charge in [-0.15, -0.1) is 10.2 Å². The summed E-state index contributed by atoms with van der Waals surface area (Å²) in [5.41, 5.74) is 8.35. The molecular weight excluding hydrogens is 446 g/mol. The lowest BCUT2D eigenvalue weighted by molar-refractivity contribution is -0.132. The molecule has 32 heavy (non-hydrogen) atoms. The van der Waals surface area contributed by atoms with Gasteiger partial charge in [0.05, 0.1) is 11.7 Å². The van der Waals surface area contributed by atoms with E-state index in [0.29, 0.717) is 29.1 Å². The predicted octanol–water partition coefficient (Wildman–Crippen LogP) is 3.71. The van der Waals surface area contributed by atoms with Crippen LogP contribution in [0.25, 0.3) is 17.1 Å². The molecule has 2 heterocycles. The minimum atomic E-state index is -0.345. The fourth-order valence-electron chi connectivity index (χ4n) is 3.80. The average Bonchev–Trinajstić information content (AvgIpc) is 3.22. The van der Waals surface area contributed by atoms with Gasteiger partial charge in [0.25, 0.3) is 0 Å². The van der Waals surface area contributed by atoms with Crippen molar-refractivity contribution in [2.24, 2.45) is 11.7 Å². The van der Waals surface area contributed by atoms with Gasteiger partial charge in [0.2, 0.25) is 11.8 Å². The number of aryl methyl sites for hydroxylation is 1. The summed E-state index contributed by atoms with van der Waals surface area (Å²) >= 11 is 7.39. The van der Waals surface area contributed by atoms with Crippen LogP contribution >= 0.6 is 23.4 Å². The van der Waals surface area contributed by atoms with Crippen molar-refractivity contribution in [3.8, 4) is 17.1 Å². The number of nitrogens with zero attached hydrogens (tertiary/aromatic N) is 4. The molecule has 4 rings (SSSR count). The Morgan fingerprint density at radius 1 is 1.19 bits per heavy atom. The van der Waals surface area contributed by atoms with Gasteiger partial charge >= 0.3 is 0 Å². The summed E-state index contributed by atoms with van der Waals surface area (Å²) in [6.07, 6.45) is 1.52. The summed E-state index contributed by atoms with van der Waals surface area (Å²) in [4.78, 5) is 26.1. The molecule has 1 atom stereocenters. The minimum Gasteiger partial charge on any atom is -0.369 e. The fraction of sp³-hybridized carbons (Fsp3) is 0.304. The molecule has 3 aromatic rings. The van der Waals surface area contributed by atoms with Crippen LogP contribution in [0.1, 0.15) is 18.4 Å². The summed E-state index contributed by atoms with van der Waals surface area (Å²) in [5.74, 6) is 0.227. The third-order valence-electron chi connectivity index (χ3n) is 5.50. The highest BCUT2D eigenvalue weighted by atomic mass is 35.5. The average molecular weight is 470 g/mol. The Morgan fingerprint density at radius 3 is 2.69 bits per heavy atom. The number of piperidine rings is 1. The second-order valence-corrected chi connectivity index (χ2v) is 9.24. The molecule has 1 saturated heterocycles. The number of benzene rings is 2. The smallest absolute Gasteiger partial charge is 0.233 e. The number of carbonyl (C=O) groups is 2. The molecule has 1 unspecified atom stereocenters. The van der Waals surface area contributed by atoms with E-state index in [-0.39, 0.29) is 23.5 Å². The number of primary amides is 1. The molecule has 7 nitrogen and oxygen atoms in total. The van der Waals surface area contributed by atoms with Gasteiger partial charge in [-0.3, -0.25) is 14.2 Å². The van der Waals surface area contributed by atoms with Gasteiger partial charge in [-0.2, -0.15) is 0 Å². The van der Waals surface area contributed by atoms with Gasteiger partial charge in [0.15, 0.2) is 11.0 Å². The highest BCUT2D eigenvalue weighted by molar-refractivity contribution is 7.99. The van der Waals surface area contributed by atoms with Crippen LogP contribution in [-0.2, 0) is 9.59 Å². The summed E-state index contributed by atoms with van der Waals surface area (Å²) in [6, 6.07) is 15.5. The summed E-state index contributed by atoms with van der Waals surface area (Å²) in [7, 11) is 0. The van der Waals surface area contributed by atoms with Crippen LogP contribution in [0.15, 0.2) is 53.7 Å². The Bertz CT molecular complexity index is 1130. The molecule has 9 heteroatoms. The van der Waals surface area contributed by atoms with Gasteiger partial charge in [-0.05, 0) is 61.7 Å². The zero-order chi connectivity index (χ0) is 22.7. The van der Waals surface area contributed by atoms with Gasteiger partial charge < -0.3 is 10.6 Å². The fourth-order valence-corrected chi connectivity index (χ4v) is 4.78. The number of thioether (sulfide) groups is 1. The molecule has 166 valence electrons. The predicted molar refractivity (Wildman–Crippen MR) is 126 cm³/mol. The van der Waals surface area contributed by atoms with Crippen molar-refractivity contribution < 1.29 is 9.59 Å². The van der Waals surface area contributed by atoms with Crippen molar-refractivity contribution in [2.45, 2.75) is 24.9 Å². The molecule has 0 radical (unpaired) electrons. The van der Waals surface area contributed by atoms with E-state index in [1.165, 1.54) is 11.8 Å². The molecular formula is C23H24ClN5O2S. The van der Waals surface area contributed by atoms with Crippen molar-refractivity contribution >= 4 is 35.2 Å². The van der Waals surface area contributed by atoms with Crippen LogP contribution in [0.2, 0.25) is 5.02 Å². The Morgan fingerprint density at radius 2 is 1.97 bits per heavy atom. The second-order valence-electron chi connectivity index (χ2n) is 7.86. The molecule has 0 saturated carbocycles. The van der Waals surface area contributed by atoms with E-state index >= 15 is 0 Å². The topological polar surface area (TPSA) is 94.1 Å². The van der Waals surface area contributed by atoms with E-state index in [1.54, 1.807) is 4.90 Å². The molecule has 1 aliphatic rings. The minimum absolute atomic E-state index is 0.0345. The number of nitrogens with two attached hydrogens (primary N) is 1. The zero-order valence-corrected chi connectivity index (χ0v) is 19.3. The Kier molecular flexibility index (Phi) is 6.81. The first kappa shape index (κ1) is 22.4. The number of likely N-dealkylation sites (tertiary alicyclic amines) is 1. The number of amides is 2. The van der Waals surface area contributed by atoms with E-state index in [2.05, 4.69) is 16.3 Å². The first-order valence-corrected chi connectivity index (χ1v) is 11.8. The third-order valence-corrected chi connectivity index (χ3v) is 6.66. The lowest BCUT2D eigenvalue weighted by Crippen LogP contribution is -2.44. The van der Waals surface area contributed by atoms with E-state index < -0.39 is 0 Å². The second kappa shape index (κ2) is 9.75. The van der Waals surface area contributed by atoms with Crippen molar-refractivity contribution in [3.63, 3.8) is 0 Å². The largest absolute Gasteiger partial charge is 0.369 e. The van der Waals surface area contributed by atoms with Crippen molar-refractivity contribution in [1.82, 2.24) is 19.7 Å². The number of hydrogen-bond donors (Lipinski definition) is 1. The number of carbonyl (C=O) groups excluding carboxylic acids is 2. The maximum Gasteiger partial charge on any atom is 0.233 e. The van der Waals surface area contributed by atoms with Crippen molar-refractivity contribution in [1.29, 1.82) is 0 Å². The molecule has 2 amide bonds. The Hall–Kier alpha value is -2.84. The molecule has 2 aromatic carbocycles. The zero-order valence-electron chi connectivity index (χ0n) is 17.7. The molecule has 0 bridgehead atoms. The van der Waals surface area contributed by atoms with Crippen LogP contribution in [0.3, 0.4) is 0 Å². The maximum atomic E-state index is 12.8. The first-order valence-electron chi connectivity index (χ1n) is 10.4. The molecule has 0 spiro atoms. The molecule has 1 fully saturated rings. The molecule has 0 aliphatic carbocycles. The van der Waals surface area contributed by atoms with Crippen LogP contribution in [0, 0.1) is 12.8 Å². The van der Waals surface area contributed by atoms with E-state index in [9.17, 15) is 9.59 Å². The standard InChI is InChI=1S/C23H24ClN5O2S/c1-15-4-2-6-19(12-15)29-22(16-7-9-18(24)10-8-16)26-27-23(29)32-14-20(30)28-11-3-5-17(13-28)21(25)31/h2,4,6-10,12,17H,3,5,11,13-14H2,1H3,(H2,25,31). The van der Waals surface area contributed by atoms with E-state index in [4.69, 9.17) is 17.3 Å². The van der Waals surface area contributed by atoms with E-state index in [1.807, 2.05) is 54.0 Å².